The molecule has 1 amide bonds. The molecule has 0 spiro atoms. The third-order valence-electron chi connectivity index (χ3n) is 3.68. The number of nitrogens with one attached hydrogen (secondary N) is 1. The Morgan fingerprint density at radius 1 is 1.42 bits per heavy atom. The minimum Gasteiger partial charge on any atom is -0.467 e. The Hall–Kier alpha value is -2.45. The van der Waals surface area contributed by atoms with Crippen LogP contribution in [0.4, 0.5) is 5.95 Å². The molecule has 3 heterocycles. The van der Waals surface area contributed by atoms with Crippen molar-refractivity contribution in [2.45, 2.75) is 13.2 Å². The Morgan fingerprint density at radius 3 is 2.96 bits per heavy atom. The molecule has 2 aromatic rings. The number of hydrogen-bond donors (Lipinski definition) is 1. The van der Waals surface area contributed by atoms with Gasteiger partial charge in [-0.3, -0.25) is 4.79 Å². The minimum absolute atomic E-state index is 0.239. The molecule has 2 aromatic heterocycles. The van der Waals surface area contributed by atoms with E-state index >= 15 is 0 Å². The minimum atomic E-state index is -0.257. The fraction of sp³-hybridized carbons (Fsp3) is 0.438. The number of amides is 1. The third kappa shape index (κ3) is 3.90. The van der Waals surface area contributed by atoms with E-state index in [0.29, 0.717) is 42.7 Å². The van der Waals surface area contributed by atoms with E-state index in [1.165, 1.54) is 0 Å². The summed E-state index contributed by atoms with van der Waals surface area (Å²) in [7, 11) is 1.57. The zero-order valence-corrected chi connectivity index (χ0v) is 13.5. The lowest BCUT2D eigenvalue weighted by molar-refractivity contribution is 0.0941. The SMILES string of the molecule is COCc1nc(N2CCOCC2)ncc1C(=O)NCc1ccco1. The molecule has 0 unspecified atom stereocenters. The van der Waals surface area contributed by atoms with Crippen LogP contribution in [-0.4, -0.2) is 49.3 Å². The van der Waals surface area contributed by atoms with Gasteiger partial charge in [0.2, 0.25) is 5.95 Å². The number of morpholine rings is 1. The molecule has 0 atom stereocenters. The summed E-state index contributed by atoms with van der Waals surface area (Å²) < 4.78 is 15.7. The van der Waals surface area contributed by atoms with Crippen molar-refractivity contribution in [3.63, 3.8) is 0 Å². The topological polar surface area (TPSA) is 89.7 Å². The standard InChI is InChI=1S/C16H20N4O4/c1-22-11-14-13(15(21)17-9-12-3-2-6-24-12)10-18-16(19-14)20-4-7-23-8-5-20/h2-3,6,10H,4-5,7-9,11H2,1H3,(H,17,21). The zero-order chi connectivity index (χ0) is 16.8. The molecule has 0 aliphatic carbocycles. The molecule has 0 bridgehead atoms. The van der Waals surface area contributed by atoms with Crippen LogP contribution >= 0.6 is 0 Å². The van der Waals surface area contributed by atoms with Crippen molar-refractivity contribution in [1.29, 1.82) is 0 Å². The lowest BCUT2D eigenvalue weighted by Gasteiger charge is -2.27. The summed E-state index contributed by atoms with van der Waals surface area (Å²) in [5.74, 6) is 1.02. The number of carbonyl (C=O) groups is 1. The molecule has 1 fully saturated rings. The van der Waals surface area contributed by atoms with E-state index in [1.54, 1.807) is 31.7 Å². The van der Waals surface area contributed by atoms with Crippen LogP contribution in [0.3, 0.4) is 0 Å². The van der Waals surface area contributed by atoms with Crippen molar-refractivity contribution >= 4 is 11.9 Å². The van der Waals surface area contributed by atoms with Gasteiger partial charge in [0.1, 0.15) is 5.76 Å². The van der Waals surface area contributed by atoms with E-state index in [9.17, 15) is 4.79 Å². The second kappa shape index (κ2) is 7.89. The number of rotatable bonds is 6. The van der Waals surface area contributed by atoms with Gasteiger partial charge in [-0.2, -0.15) is 0 Å². The Balaban J connectivity index is 1.74. The third-order valence-corrected chi connectivity index (χ3v) is 3.68. The molecule has 0 aromatic carbocycles. The summed E-state index contributed by atoms with van der Waals surface area (Å²) in [5.41, 5.74) is 0.964. The summed E-state index contributed by atoms with van der Waals surface area (Å²) in [5, 5.41) is 2.80. The largest absolute Gasteiger partial charge is 0.467 e. The normalized spacial score (nSPS) is 14.6. The quantitative estimate of drug-likeness (QED) is 0.843. The maximum absolute atomic E-state index is 12.4. The molecule has 0 saturated carbocycles. The Bertz CT molecular complexity index is 669. The van der Waals surface area contributed by atoms with Crippen molar-refractivity contribution in [1.82, 2.24) is 15.3 Å². The molecular formula is C16H20N4O4. The fourth-order valence-corrected chi connectivity index (χ4v) is 2.43. The summed E-state index contributed by atoms with van der Waals surface area (Å²) in [6.07, 6.45) is 3.11. The highest BCUT2D eigenvalue weighted by atomic mass is 16.5. The van der Waals surface area contributed by atoms with Gasteiger partial charge < -0.3 is 24.1 Å². The molecular weight excluding hydrogens is 312 g/mol. The van der Waals surface area contributed by atoms with Crippen LogP contribution in [0.2, 0.25) is 0 Å². The van der Waals surface area contributed by atoms with Crippen molar-refractivity contribution < 1.29 is 18.7 Å². The first-order valence-corrected chi connectivity index (χ1v) is 7.76. The molecule has 8 heteroatoms. The first-order valence-electron chi connectivity index (χ1n) is 7.76. The van der Waals surface area contributed by atoms with Gasteiger partial charge in [0.25, 0.3) is 5.91 Å². The predicted molar refractivity (Wildman–Crippen MR) is 85.7 cm³/mol. The molecule has 1 aliphatic rings. The van der Waals surface area contributed by atoms with Crippen molar-refractivity contribution in [3.8, 4) is 0 Å². The second-order valence-electron chi connectivity index (χ2n) is 5.32. The number of carbonyl (C=O) groups excluding carboxylic acids is 1. The number of aromatic nitrogens is 2. The summed E-state index contributed by atoms with van der Waals surface area (Å²) in [6, 6.07) is 3.58. The van der Waals surface area contributed by atoms with Gasteiger partial charge >= 0.3 is 0 Å². The van der Waals surface area contributed by atoms with E-state index in [0.717, 1.165) is 13.1 Å². The molecule has 0 radical (unpaired) electrons. The van der Waals surface area contributed by atoms with Gasteiger partial charge in [-0.25, -0.2) is 9.97 Å². The smallest absolute Gasteiger partial charge is 0.255 e. The highest BCUT2D eigenvalue weighted by Gasteiger charge is 2.19. The number of methoxy groups -OCH3 is 1. The van der Waals surface area contributed by atoms with Crippen molar-refractivity contribution in [2.24, 2.45) is 0 Å². The lowest BCUT2D eigenvalue weighted by Crippen LogP contribution is -2.37. The van der Waals surface area contributed by atoms with Crippen LogP contribution in [0.25, 0.3) is 0 Å². The highest BCUT2D eigenvalue weighted by molar-refractivity contribution is 5.95. The van der Waals surface area contributed by atoms with Gasteiger partial charge in [0.05, 0.1) is 43.9 Å². The summed E-state index contributed by atoms with van der Waals surface area (Å²) in [6.45, 7) is 3.31. The molecule has 24 heavy (non-hydrogen) atoms. The molecule has 128 valence electrons. The van der Waals surface area contributed by atoms with Gasteiger partial charge in [0, 0.05) is 26.4 Å². The average Bonchev–Trinajstić information content (AvgIpc) is 3.14. The van der Waals surface area contributed by atoms with Gasteiger partial charge in [-0.1, -0.05) is 0 Å². The first kappa shape index (κ1) is 16.4. The zero-order valence-electron chi connectivity index (χ0n) is 13.5. The Kier molecular flexibility index (Phi) is 5.39. The van der Waals surface area contributed by atoms with E-state index in [4.69, 9.17) is 13.9 Å². The maximum atomic E-state index is 12.4. The summed E-state index contributed by atoms with van der Waals surface area (Å²) in [4.78, 5) is 23.3. The summed E-state index contributed by atoms with van der Waals surface area (Å²) >= 11 is 0. The lowest BCUT2D eigenvalue weighted by atomic mass is 10.2. The van der Waals surface area contributed by atoms with Gasteiger partial charge in [0.15, 0.2) is 0 Å². The van der Waals surface area contributed by atoms with E-state index in [-0.39, 0.29) is 12.5 Å². The van der Waals surface area contributed by atoms with Crippen LogP contribution in [-0.2, 0) is 22.6 Å². The molecule has 3 rings (SSSR count). The first-order chi connectivity index (χ1) is 11.8. The Morgan fingerprint density at radius 2 is 2.25 bits per heavy atom. The van der Waals surface area contributed by atoms with E-state index in [2.05, 4.69) is 15.3 Å². The fourth-order valence-electron chi connectivity index (χ4n) is 2.43. The highest BCUT2D eigenvalue weighted by Crippen LogP contribution is 2.14. The van der Waals surface area contributed by atoms with E-state index in [1.807, 2.05) is 4.90 Å². The van der Waals surface area contributed by atoms with Gasteiger partial charge in [-0.15, -0.1) is 0 Å². The van der Waals surface area contributed by atoms with Crippen molar-refractivity contribution in [2.75, 3.05) is 38.3 Å². The van der Waals surface area contributed by atoms with Gasteiger partial charge in [-0.05, 0) is 12.1 Å². The number of furan rings is 1. The average molecular weight is 332 g/mol. The van der Waals surface area contributed by atoms with Crippen LogP contribution in [0.1, 0.15) is 21.8 Å². The van der Waals surface area contributed by atoms with E-state index < -0.39 is 0 Å². The maximum Gasteiger partial charge on any atom is 0.255 e. The molecule has 1 saturated heterocycles. The molecule has 8 nitrogen and oxygen atoms in total. The number of hydrogen-bond acceptors (Lipinski definition) is 7. The molecule has 1 N–H and O–H groups in total. The van der Waals surface area contributed by atoms with Crippen LogP contribution < -0.4 is 10.2 Å². The van der Waals surface area contributed by atoms with Crippen LogP contribution in [0.5, 0.6) is 0 Å². The number of ether oxygens (including phenoxy) is 2. The Labute approximate surface area is 139 Å². The number of anilines is 1. The monoisotopic (exact) mass is 332 g/mol. The predicted octanol–water partition coefficient (Wildman–Crippen LogP) is 0.983. The van der Waals surface area contributed by atoms with Crippen molar-refractivity contribution in [3.05, 3.63) is 41.6 Å². The number of nitrogens with zero attached hydrogens (tertiary/aromatic N) is 3. The van der Waals surface area contributed by atoms with Crippen LogP contribution in [0.15, 0.2) is 29.0 Å². The van der Waals surface area contributed by atoms with Crippen LogP contribution in [0, 0.1) is 0 Å². The second-order valence-corrected chi connectivity index (χ2v) is 5.32. The molecule has 1 aliphatic heterocycles.